The van der Waals surface area contributed by atoms with Crippen molar-refractivity contribution in [3.63, 3.8) is 0 Å². The van der Waals surface area contributed by atoms with E-state index < -0.39 is 5.72 Å². The van der Waals surface area contributed by atoms with E-state index in [1.54, 1.807) is 12.1 Å². The fourth-order valence-electron chi connectivity index (χ4n) is 3.90. The zero-order valence-electron chi connectivity index (χ0n) is 14.0. The van der Waals surface area contributed by atoms with E-state index in [0.717, 1.165) is 37.1 Å². The van der Waals surface area contributed by atoms with Crippen LogP contribution in [0.2, 0.25) is 0 Å². The van der Waals surface area contributed by atoms with Crippen molar-refractivity contribution in [3.8, 4) is 0 Å². The summed E-state index contributed by atoms with van der Waals surface area (Å²) in [7, 11) is 0. The number of halogens is 2. The first-order valence-corrected chi connectivity index (χ1v) is 8.63. The minimum atomic E-state index is -1.16. The summed E-state index contributed by atoms with van der Waals surface area (Å²) in [5, 5.41) is 11.6. The second-order valence-electron chi connectivity index (χ2n) is 6.64. The lowest BCUT2D eigenvalue weighted by atomic mass is 10.00. The average molecular weight is 405 g/mol. The molecule has 0 amide bonds. The number of anilines is 1. The van der Waals surface area contributed by atoms with Crippen molar-refractivity contribution < 1.29 is 31.1 Å². The Hall–Kier alpha value is -1.72. The van der Waals surface area contributed by atoms with Crippen molar-refractivity contribution in [2.24, 2.45) is 0 Å². The summed E-state index contributed by atoms with van der Waals surface area (Å²) in [5.74, 6) is 0.888. The maximum absolute atomic E-state index is 13.4. The monoisotopic (exact) mass is 404 g/mol. The van der Waals surface area contributed by atoms with Crippen molar-refractivity contribution in [2.75, 3.05) is 18.0 Å². The van der Waals surface area contributed by atoms with E-state index >= 15 is 0 Å². The second kappa shape index (κ2) is 7.26. The average Bonchev–Trinajstić information content (AvgIpc) is 2.73. The zero-order valence-corrected chi connectivity index (χ0v) is 15.6. The molecule has 0 spiro atoms. The number of nitrogens with zero attached hydrogens (tertiary/aromatic N) is 2. The summed E-state index contributed by atoms with van der Waals surface area (Å²) in [4.78, 5) is 2.05. The molecule has 1 atom stereocenters. The third-order valence-corrected chi connectivity index (χ3v) is 5.05. The van der Waals surface area contributed by atoms with Crippen LogP contribution < -0.4 is 21.9 Å². The number of aliphatic hydroxyl groups is 1. The molecule has 2 aromatic rings. The second-order valence-corrected chi connectivity index (χ2v) is 6.64. The van der Waals surface area contributed by atoms with Crippen molar-refractivity contribution in [3.05, 3.63) is 66.0 Å². The molecule has 2 aliphatic rings. The number of rotatable bonds is 2. The molecule has 0 fully saturated rings. The van der Waals surface area contributed by atoms with E-state index in [9.17, 15) is 9.50 Å². The third kappa shape index (κ3) is 3.23. The van der Waals surface area contributed by atoms with Gasteiger partial charge in [-0.1, -0.05) is 18.2 Å². The molecule has 5 heteroatoms. The molecule has 2 aromatic carbocycles. The maximum atomic E-state index is 13.4. The molecule has 1 unspecified atom stereocenters. The van der Waals surface area contributed by atoms with Gasteiger partial charge in [0.2, 0.25) is 0 Å². The lowest BCUT2D eigenvalue weighted by Crippen LogP contribution is -3.00. The van der Waals surface area contributed by atoms with Crippen molar-refractivity contribution in [2.45, 2.75) is 31.4 Å². The summed E-state index contributed by atoms with van der Waals surface area (Å²) in [6.07, 6.45) is 4.45. The van der Waals surface area contributed by atoms with Crippen LogP contribution in [0.25, 0.3) is 0 Å². The van der Waals surface area contributed by atoms with Crippen molar-refractivity contribution >= 4 is 11.5 Å². The Balaban J connectivity index is 0.00000182. The van der Waals surface area contributed by atoms with Gasteiger partial charge in [0, 0.05) is 12.0 Å². The van der Waals surface area contributed by atoms with Gasteiger partial charge in [-0.25, -0.2) is 4.39 Å². The number of hydrogen-bond acceptors (Lipinski definition) is 2. The minimum absolute atomic E-state index is 0. The number of para-hydroxylation sites is 1. The summed E-state index contributed by atoms with van der Waals surface area (Å²) < 4.78 is 15.7. The van der Waals surface area contributed by atoms with Gasteiger partial charge in [0.15, 0.2) is 6.54 Å². The van der Waals surface area contributed by atoms with E-state index in [-0.39, 0.29) is 22.8 Å². The van der Waals surface area contributed by atoms with Crippen LogP contribution in [-0.2, 0) is 5.72 Å². The molecule has 0 saturated carbocycles. The van der Waals surface area contributed by atoms with Crippen LogP contribution >= 0.6 is 0 Å². The Kier molecular flexibility index (Phi) is 5.25. The predicted molar refractivity (Wildman–Crippen MR) is 92.7 cm³/mol. The number of benzene rings is 2. The summed E-state index contributed by atoms with van der Waals surface area (Å²) >= 11 is 0. The van der Waals surface area contributed by atoms with Crippen LogP contribution in [-0.4, -0.2) is 28.6 Å². The van der Waals surface area contributed by atoms with E-state index in [1.165, 1.54) is 24.4 Å². The summed E-state index contributed by atoms with van der Waals surface area (Å²) in [5.41, 5.74) is 0.541. The van der Waals surface area contributed by atoms with Gasteiger partial charge in [-0.2, -0.15) is 4.90 Å². The van der Waals surface area contributed by atoms with Gasteiger partial charge in [-0.15, -0.1) is 0 Å². The highest BCUT2D eigenvalue weighted by Crippen LogP contribution is 2.37. The SMILES string of the molecule is OC1(c2ccc(F)cc2)C[N+]2=C(CCCCC2)N1c1ccccc1.[Br-]. The molecule has 25 heavy (non-hydrogen) atoms. The molecule has 0 saturated heterocycles. The molecular weight excluding hydrogens is 383 g/mol. The van der Waals surface area contributed by atoms with E-state index in [0.29, 0.717) is 6.54 Å². The number of amidine groups is 1. The van der Waals surface area contributed by atoms with Crippen LogP contribution in [0, 0.1) is 5.82 Å². The molecule has 2 heterocycles. The van der Waals surface area contributed by atoms with Gasteiger partial charge in [-0.3, -0.25) is 4.58 Å². The molecule has 2 aliphatic heterocycles. The first-order chi connectivity index (χ1) is 11.7. The van der Waals surface area contributed by atoms with Crippen LogP contribution in [0.15, 0.2) is 54.6 Å². The highest BCUT2D eigenvalue weighted by atomic mass is 79.9. The zero-order chi connectivity index (χ0) is 16.6. The highest BCUT2D eigenvalue weighted by Gasteiger charge is 2.53. The van der Waals surface area contributed by atoms with Crippen LogP contribution in [0.1, 0.15) is 31.2 Å². The van der Waals surface area contributed by atoms with Crippen LogP contribution in [0.3, 0.4) is 0 Å². The fourth-order valence-corrected chi connectivity index (χ4v) is 3.90. The predicted octanol–water partition coefficient (Wildman–Crippen LogP) is 0.480. The van der Waals surface area contributed by atoms with Gasteiger partial charge in [0.05, 0.1) is 6.54 Å². The van der Waals surface area contributed by atoms with Gasteiger partial charge in [-0.05, 0) is 55.7 Å². The van der Waals surface area contributed by atoms with Crippen molar-refractivity contribution in [1.29, 1.82) is 0 Å². The Morgan fingerprint density at radius 2 is 1.68 bits per heavy atom. The van der Waals surface area contributed by atoms with Gasteiger partial charge in [0.25, 0.3) is 11.6 Å². The Morgan fingerprint density at radius 1 is 0.960 bits per heavy atom. The molecule has 0 aliphatic carbocycles. The van der Waals surface area contributed by atoms with Gasteiger partial charge < -0.3 is 22.1 Å². The standard InChI is InChI=1S/C20H22FN2O.BrH/c21-17-12-10-16(11-13-17)20(24)15-22-14-6-2-5-9-19(22)23(20)18-7-3-1-4-8-18;/h1,3-4,7-8,10-13,24H,2,5-6,9,14-15H2;1H/q+1;/p-1. The Bertz CT molecular complexity index is 763. The molecule has 132 valence electrons. The van der Waals surface area contributed by atoms with E-state index in [2.05, 4.69) is 4.58 Å². The topological polar surface area (TPSA) is 26.5 Å². The lowest BCUT2D eigenvalue weighted by molar-refractivity contribution is -0.534. The third-order valence-electron chi connectivity index (χ3n) is 5.05. The highest BCUT2D eigenvalue weighted by molar-refractivity contribution is 5.97. The molecular formula is C20H22BrFN2O. The maximum Gasteiger partial charge on any atom is 0.275 e. The van der Waals surface area contributed by atoms with Gasteiger partial charge in [0.1, 0.15) is 11.5 Å². The van der Waals surface area contributed by atoms with E-state index in [4.69, 9.17) is 0 Å². The fraction of sp³-hybridized carbons (Fsp3) is 0.350. The van der Waals surface area contributed by atoms with Gasteiger partial charge >= 0.3 is 0 Å². The molecule has 0 bridgehead atoms. The molecule has 0 radical (unpaired) electrons. The minimum Gasteiger partial charge on any atom is -1.00 e. The van der Waals surface area contributed by atoms with Crippen LogP contribution in [0.5, 0.6) is 0 Å². The Labute approximate surface area is 158 Å². The van der Waals surface area contributed by atoms with Crippen molar-refractivity contribution in [1.82, 2.24) is 0 Å². The molecule has 3 nitrogen and oxygen atoms in total. The van der Waals surface area contributed by atoms with E-state index in [1.807, 2.05) is 35.2 Å². The largest absolute Gasteiger partial charge is 1.00 e. The quantitative estimate of drug-likeness (QED) is 0.736. The summed E-state index contributed by atoms with van der Waals surface area (Å²) in [6, 6.07) is 16.2. The lowest BCUT2D eigenvalue weighted by Gasteiger charge is -2.29. The first kappa shape index (κ1) is 18.1. The van der Waals surface area contributed by atoms with Crippen LogP contribution in [0.4, 0.5) is 10.1 Å². The first-order valence-electron chi connectivity index (χ1n) is 8.63. The molecule has 4 rings (SSSR count). The normalized spacial score (nSPS) is 23.0. The smallest absolute Gasteiger partial charge is 0.275 e. The molecule has 1 N–H and O–H groups in total. The Morgan fingerprint density at radius 3 is 2.40 bits per heavy atom. The number of hydrogen-bond donors (Lipinski definition) is 1. The summed E-state index contributed by atoms with van der Waals surface area (Å²) in [6.45, 7) is 1.48. The molecule has 0 aromatic heterocycles.